The van der Waals surface area contributed by atoms with E-state index in [1.165, 1.54) is 11.3 Å². The number of allylic oxidation sites excluding steroid dienone is 1. The topological polar surface area (TPSA) is 120 Å². The first kappa shape index (κ1) is 32.9. The molecule has 6 rings (SSSR count). The SMILES string of the molecule is CCOC(=O)[C@@]12C[C@@H]1/C=C\CCCCN(C)C(=O)[C@@H]1C[C@H](Oc3cc(-c4nc(C(C)C)cs4)nc4cc(OC)ccc34)C[C@H]1C(=O)N2. The molecule has 3 aromatic rings. The Labute approximate surface area is 279 Å². The maximum absolute atomic E-state index is 14.0. The largest absolute Gasteiger partial charge is 0.497 e. The summed E-state index contributed by atoms with van der Waals surface area (Å²) in [6.45, 7) is 6.82. The predicted octanol–water partition coefficient (Wildman–Crippen LogP) is 5.90. The number of thiazole rings is 1. The van der Waals surface area contributed by atoms with Crippen LogP contribution in [-0.2, 0) is 19.1 Å². The van der Waals surface area contributed by atoms with Crippen LogP contribution in [0.15, 0.2) is 41.8 Å². The summed E-state index contributed by atoms with van der Waals surface area (Å²) in [5.74, 6) is -0.596. The molecule has 10 nitrogen and oxygen atoms in total. The zero-order valence-electron chi connectivity index (χ0n) is 27.8. The Balaban J connectivity index is 1.32. The lowest BCUT2D eigenvalue weighted by atomic mass is 9.93. The highest BCUT2D eigenvalue weighted by molar-refractivity contribution is 7.13. The molecule has 1 N–H and O–H groups in total. The molecule has 3 aliphatic rings. The van der Waals surface area contributed by atoms with Gasteiger partial charge in [-0.25, -0.2) is 14.8 Å². The smallest absolute Gasteiger partial charge is 0.332 e. The minimum absolute atomic E-state index is 0.0737. The van der Waals surface area contributed by atoms with Crippen LogP contribution >= 0.6 is 11.3 Å². The third-order valence-electron chi connectivity index (χ3n) is 9.64. The highest BCUT2D eigenvalue weighted by Crippen LogP contribution is 2.47. The summed E-state index contributed by atoms with van der Waals surface area (Å²) in [4.78, 5) is 52.5. The molecule has 0 bridgehead atoms. The van der Waals surface area contributed by atoms with E-state index in [-0.39, 0.29) is 30.3 Å². The molecule has 47 heavy (non-hydrogen) atoms. The number of amides is 2. The molecule has 2 saturated carbocycles. The van der Waals surface area contributed by atoms with E-state index in [1.807, 2.05) is 30.3 Å². The Hall–Kier alpha value is -3.99. The number of rotatable bonds is 7. The van der Waals surface area contributed by atoms with Crippen molar-refractivity contribution >= 4 is 40.0 Å². The van der Waals surface area contributed by atoms with Gasteiger partial charge in [-0.2, -0.15) is 0 Å². The highest BCUT2D eigenvalue weighted by Gasteiger charge is 2.62. The van der Waals surface area contributed by atoms with Crippen molar-refractivity contribution in [3.8, 4) is 22.2 Å². The van der Waals surface area contributed by atoms with Crippen LogP contribution in [0.1, 0.15) is 70.9 Å². The van der Waals surface area contributed by atoms with Gasteiger partial charge in [0.05, 0.1) is 36.8 Å². The average Bonchev–Trinajstić information content (AvgIpc) is 3.36. The molecule has 5 atom stereocenters. The van der Waals surface area contributed by atoms with Crippen LogP contribution in [0, 0.1) is 17.8 Å². The van der Waals surface area contributed by atoms with Gasteiger partial charge in [0, 0.05) is 42.4 Å². The van der Waals surface area contributed by atoms with Crippen molar-refractivity contribution in [2.75, 3.05) is 27.3 Å². The standard InChI is InChI=1S/C36H44N4O6S/c1-6-45-35(43)36-19-22(36)11-9-7-8-10-14-40(4)34(42)27-16-24(15-26(27)32(41)39-36)46-31-18-29(33-38-30(20-47-33)21(2)3)37-28-17-23(44-5)12-13-25(28)31/h9,11-13,17-18,20-22,24,26-27H,6-8,10,14-16,19H2,1-5H3,(H,39,41)/b11-9-/t22-,24+,26+,27+,36+/m0/s1. The van der Waals surface area contributed by atoms with Gasteiger partial charge in [0.2, 0.25) is 11.8 Å². The Bertz CT molecular complexity index is 1690. The summed E-state index contributed by atoms with van der Waals surface area (Å²) >= 11 is 1.54. The molecule has 2 amide bonds. The maximum Gasteiger partial charge on any atom is 0.332 e. The molecular weight excluding hydrogens is 616 g/mol. The van der Waals surface area contributed by atoms with Crippen LogP contribution in [-0.4, -0.2) is 71.6 Å². The molecule has 2 fully saturated rings. The molecule has 1 aromatic carbocycles. The van der Waals surface area contributed by atoms with E-state index in [4.69, 9.17) is 24.2 Å². The van der Waals surface area contributed by atoms with Crippen LogP contribution in [0.25, 0.3) is 21.6 Å². The van der Waals surface area contributed by atoms with E-state index in [0.717, 1.165) is 35.4 Å². The fraction of sp³-hybridized carbons (Fsp3) is 0.528. The first-order valence-corrected chi connectivity index (χ1v) is 17.5. The fourth-order valence-corrected chi connectivity index (χ4v) is 7.74. The number of methoxy groups -OCH3 is 1. The van der Waals surface area contributed by atoms with E-state index in [0.29, 0.717) is 48.5 Å². The van der Waals surface area contributed by atoms with Crippen molar-refractivity contribution < 1.29 is 28.6 Å². The van der Waals surface area contributed by atoms with Crippen LogP contribution in [0.2, 0.25) is 0 Å². The minimum Gasteiger partial charge on any atom is -0.497 e. The number of fused-ring (bicyclic) bond motifs is 3. The van der Waals surface area contributed by atoms with E-state index in [2.05, 4.69) is 30.6 Å². The third kappa shape index (κ3) is 6.72. The number of aromatic nitrogens is 2. The normalized spacial score (nSPS) is 27.1. The lowest BCUT2D eigenvalue weighted by Gasteiger charge is -2.26. The number of carbonyl (C=O) groups is 3. The van der Waals surface area contributed by atoms with Gasteiger partial charge >= 0.3 is 5.97 Å². The van der Waals surface area contributed by atoms with E-state index < -0.39 is 29.4 Å². The van der Waals surface area contributed by atoms with Crippen molar-refractivity contribution in [2.24, 2.45) is 17.8 Å². The van der Waals surface area contributed by atoms with Crippen molar-refractivity contribution in [3.63, 3.8) is 0 Å². The number of esters is 1. The number of carbonyl (C=O) groups excluding carboxylic acids is 3. The number of benzene rings is 1. The zero-order valence-corrected chi connectivity index (χ0v) is 28.6. The number of hydrogen-bond acceptors (Lipinski definition) is 9. The Morgan fingerprint density at radius 3 is 2.70 bits per heavy atom. The maximum atomic E-state index is 14.0. The molecule has 0 radical (unpaired) electrons. The van der Waals surface area contributed by atoms with Gasteiger partial charge in [0.15, 0.2) is 0 Å². The lowest BCUT2D eigenvalue weighted by molar-refractivity contribution is -0.150. The number of pyridine rings is 1. The van der Waals surface area contributed by atoms with Gasteiger partial charge in [-0.3, -0.25) is 9.59 Å². The summed E-state index contributed by atoms with van der Waals surface area (Å²) in [7, 11) is 3.42. The van der Waals surface area contributed by atoms with Crippen molar-refractivity contribution in [1.82, 2.24) is 20.2 Å². The number of nitrogens with one attached hydrogen (secondary N) is 1. The summed E-state index contributed by atoms with van der Waals surface area (Å²) in [6.07, 6.45) is 7.52. The summed E-state index contributed by atoms with van der Waals surface area (Å²) < 4.78 is 17.6. The Morgan fingerprint density at radius 1 is 1.15 bits per heavy atom. The highest BCUT2D eigenvalue weighted by atomic mass is 32.1. The molecule has 2 aromatic heterocycles. The molecule has 0 saturated heterocycles. The van der Waals surface area contributed by atoms with Gasteiger partial charge in [0.1, 0.15) is 33.8 Å². The summed E-state index contributed by atoms with van der Waals surface area (Å²) in [5.41, 5.74) is 1.29. The number of ether oxygens (including phenoxy) is 3. The van der Waals surface area contributed by atoms with Crippen LogP contribution in [0.5, 0.6) is 11.5 Å². The molecule has 1 aliphatic heterocycles. The Morgan fingerprint density at radius 2 is 1.96 bits per heavy atom. The van der Waals surface area contributed by atoms with Crippen LogP contribution in [0.3, 0.4) is 0 Å². The third-order valence-corrected chi connectivity index (χ3v) is 10.5. The first-order chi connectivity index (χ1) is 22.6. The quantitative estimate of drug-likeness (QED) is 0.246. The van der Waals surface area contributed by atoms with Gasteiger partial charge in [-0.1, -0.05) is 26.0 Å². The molecule has 0 unspecified atom stereocenters. The van der Waals surface area contributed by atoms with Crippen molar-refractivity contribution in [2.45, 2.75) is 76.9 Å². The second-order valence-corrected chi connectivity index (χ2v) is 14.1. The molecule has 250 valence electrons. The lowest BCUT2D eigenvalue weighted by Crippen LogP contribution is -2.50. The number of hydrogen-bond donors (Lipinski definition) is 1. The van der Waals surface area contributed by atoms with Gasteiger partial charge in [-0.05, 0) is 63.5 Å². The molecule has 0 spiro atoms. The monoisotopic (exact) mass is 660 g/mol. The Kier molecular flexibility index (Phi) is 9.55. The van der Waals surface area contributed by atoms with E-state index in [1.54, 1.807) is 26.0 Å². The molecular formula is C36H44N4O6S. The second-order valence-electron chi connectivity index (χ2n) is 13.2. The summed E-state index contributed by atoms with van der Waals surface area (Å²) in [5, 5.41) is 6.70. The molecule has 3 heterocycles. The fourth-order valence-electron chi connectivity index (χ4n) is 6.80. The number of nitrogens with zero attached hydrogens (tertiary/aromatic N) is 3. The predicted molar refractivity (Wildman–Crippen MR) is 180 cm³/mol. The van der Waals surface area contributed by atoms with Gasteiger partial charge in [-0.15, -0.1) is 11.3 Å². The van der Waals surface area contributed by atoms with Gasteiger partial charge in [0.25, 0.3) is 0 Å². The summed E-state index contributed by atoms with van der Waals surface area (Å²) in [6, 6.07) is 7.56. The van der Waals surface area contributed by atoms with E-state index in [9.17, 15) is 14.4 Å². The second kappa shape index (κ2) is 13.6. The van der Waals surface area contributed by atoms with E-state index >= 15 is 0 Å². The van der Waals surface area contributed by atoms with Crippen LogP contribution < -0.4 is 14.8 Å². The zero-order chi connectivity index (χ0) is 33.3. The minimum atomic E-state index is -1.09. The van der Waals surface area contributed by atoms with Crippen molar-refractivity contribution in [3.05, 3.63) is 47.5 Å². The van der Waals surface area contributed by atoms with Crippen molar-refractivity contribution in [1.29, 1.82) is 0 Å². The van der Waals surface area contributed by atoms with Gasteiger partial charge < -0.3 is 24.4 Å². The molecule has 11 heteroatoms. The first-order valence-electron chi connectivity index (χ1n) is 16.7. The van der Waals surface area contributed by atoms with Crippen LogP contribution in [0.4, 0.5) is 0 Å². The molecule has 2 aliphatic carbocycles. The average molecular weight is 661 g/mol.